The Bertz CT molecular complexity index is 385. The van der Waals surface area contributed by atoms with E-state index in [1.807, 2.05) is 11.3 Å². The number of aryl methyl sites for hydroxylation is 1. The number of likely N-dealkylation sites (tertiary alicyclic amines) is 1. The molecule has 0 amide bonds. The molecule has 1 saturated heterocycles. The first-order chi connectivity index (χ1) is 8.41. The van der Waals surface area contributed by atoms with E-state index in [2.05, 4.69) is 44.0 Å². The van der Waals surface area contributed by atoms with E-state index in [0.717, 1.165) is 0 Å². The van der Waals surface area contributed by atoms with Crippen molar-refractivity contribution < 1.29 is 0 Å². The van der Waals surface area contributed by atoms with Crippen molar-refractivity contribution in [1.29, 1.82) is 0 Å². The van der Waals surface area contributed by atoms with Gasteiger partial charge in [-0.2, -0.15) is 0 Å². The highest BCUT2D eigenvalue weighted by Crippen LogP contribution is 2.37. The van der Waals surface area contributed by atoms with Crippen LogP contribution in [0.2, 0.25) is 0 Å². The average molecular weight is 266 g/mol. The second kappa shape index (κ2) is 5.32. The zero-order chi connectivity index (χ0) is 13.3. The van der Waals surface area contributed by atoms with Gasteiger partial charge in [-0.05, 0) is 62.2 Å². The summed E-state index contributed by atoms with van der Waals surface area (Å²) in [6, 6.07) is 2.81. The standard InChI is InChI=1S/C15H26N2S/c1-11-5-10-18-14(11)13(12(2)16)17-8-6-15(3,4)7-9-17/h5,10,12-13H,6-9,16H2,1-4H3. The van der Waals surface area contributed by atoms with Gasteiger partial charge >= 0.3 is 0 Å². The monoisotopic (exact) mass is 266 g/mol. The Morgan fingerprint density at radius 3 is 2.39 bits per heavy atom. The van der Waals surface area contributed by atoms with Gasteiger partial charge in [-0.15, -0.1) is 11.3 Å². The number of hydrogen-bond donors (Lipinski definition) is 1. The molecule has 0 saturated carbocycles. The molecule has 0 spiro atoms. The fourth-order valence-corrected chi connectivity index (χ4v) is 4.01. The molecule has 2 rings (SSSR count). The fourth-order valence-electron chi connectivity index (χ4n) is 2.83. The highest BCUT2D eigenvalue weighted by atomic mass is 32.1. The van der Waals surface area contributed by atoms with Gasteiger partial charge in [0.2, 0.25) is 0 Å². The lowest BCUT2D eigenvalue weighted by Crippen LogP contribution is -2.45. The van der Waals surface area contributed by atoms with Crippen molar-refractivity contribution in [3.8, 4) is 0 Å². The molecular weight excluding hydrogens is 240 g/mol. The first-order valence-corrected chi connectivity index (χ1v) is 7.82. The second-order valence-electron chi connectivity index (χ2n) is 6.47. The van der Waals surface area contributed by atoms with Crippen LogP contribution in [0, 0.1) is 12.3 Å². The van der Waals surface area contributed by atoms with Gasteiger partial charge in [0, 0.05) is 10.9 Å². The molecule has 0 radical (unpaired) electrons. The van der Waals surface area contributed by atoms with Crippen LogP contribution >= 0.6 is 11.3 Å². The number of nitrogens with two attached hydrogens (primary N) is 1. The largest absolute Gasteiger partial charge is 0.326 e. The van der Waals surface area contributed by atoms with Gasteiger partial charge in [0.25, 0.3) is 0 Å². The molecule has 1 aromatic heterocycles. The maximum absolute atomic E-state index is 6.26. The minimum atomic E-state index is 0.198. The Morgan fingerprint density at radius 1 is 1.33 bits per heavy atom. The summed E-state index contributed by atoms with van der Waals surface area (Å²) < 4.78 is 0. The van der Waals surface area contributed by atoms with Crippen LogP contribution in [0.3, 0.4) is 0 Å². The van der Waals surface area contributed by atoms with Crippen LogP contribution in [0.1, 0.15) is 50.1 Å². The van der Waals surface area contributed by atoms with Crippen LogP contribution in [0.15, 0.2) is 11.4 Å². The molecule has 1 aliphatic rings. The van der Waals surface area contributed by atoms with E-state index in [0.29, 0.717) is 11.5 Å². The molecule has 0 bridgehead atoms. The summed E-state index contributed by atoms with van der Waals surface area (Å²) in [5.74, 6) is 0. The van der Waals surface area contributed by atoms with Gasteiger partial charge < -0.3 is 5.73 Å². The third-order valence-corrected chi connectivity index (χ3v) is 5.30. The molecule has 3 heteroatoms. The third kappa shape index (κ3) is 2.95. The predicted molar refractivity (Wildman–Crippen MR) is 80.0 cm³/mol. The van der Waals surface area contributed by atoms with Gasteiger partial charge in [0.1, 0.15) is 0 Å². The van der Waals surface area contributed by atoms with Crippen LogP contribution < -0.4 is 5.73 Å². The fraction of sp³-hybridized carbons (Fsp3) is 0.733. The molecule has 2 unspecified atom stereocenters. The van der Waals surface area contributed by atoms with Crippen molar-refractivity contribution in [3.05, 3.63) is 21.9 Å². The topological polar surface area (TPSA) is 29.3 Å². The Morgan fingerprint density at radius 2 is 1.94 bits per heavy atom. The molecule has 1 aliphatic heterocycles. The maximum Gasteiger partial charge on any atom is 0.0593 e. The highest BCUT2D eigenvalue weighted by Gasteiger charge is 2.32. The summed E-state index contributed by atoms with van der Waals surface area (Å²) in [6.45, 7) is 11.5. The smallest absolute Gasteiger partial charge is 0.0593 e. The lowest BCUT2D eigenvalue weighted by Gasteiger charge is -2.42. The molecular formula is C15H26N2S. The molecule has 2 N–H and O–H groups in total. The number of thiophene rings is 1. The summed E-state index contributed by atoms with van der Waals surface area (Å²) in [7, 11) is 0. The van der Waals surface area contributed by atoms with E-state index >= 15 is 0 Å². The molecule has 2 atom stereocenters. The van der Waals surface area contributed by atoms with Gasteiger partial charge in [-0.25, -0.2) is 0 Å². The molecule has 0 aliphatic carbocycles. The van der Waals surface area contributed by atoms with E-state index in [-0.39, 0.29) is 6.04 Å². The molecule has 2 heterocycles. The van der Waals surface area contributed by atoms with Crippen LogP contribution in [0.4, 0.5) is 0 Å². The lowest BCUT2D eigenvalue weighted by molar-refractivity contribution is 0.0854. The number of nitrogens with zero attached hydrogens (tertiary/aromatic N) is 1. The minimum absolute atomic E-state index is 0.198. The van der Waals surface area contributed by atoms with E-state index in [9.17, 15) is 0 Å². The zero-order valence-electron chi connectivity index (χ0n) is 12.1. The Kier molecular flexibility index (Phi) is 4.15. The van der Waals surface area contributed by atoms with Gasteiger partial charge in [0.15, 0.2) is 0 Å². The average Bonchev–Trinajstić information content (AvgIpc) is 2.67. The van der Waals surface area contributed by atoms with E-state index < -0.39 is 0 Å². The summed E-state index contributed by atoms with van der Waals surface area (Å²) in [5, 5.41) is 2.19. The quantitative estimate of drug-likeness (QED) is 0.906. The number of rotatable bonds is 3. The SMILES string of the molecule is Cc1ccsc1C(C(C)N)N1CCC(C)(C)CC1. The van der Waals surface area contributed by atoms with Crippen molar-refractivity contribution in [2.75, 3.05) is 13.1 Å². The van der Waals surface area contributed by atoms with E-state index in [4.69, 9.17) is 5.73 Å². The zero-order valence-corrected chi connectivity index (χ0v) is 12.9. The summed E-state index contributed by atoms with van der Waals surface area (Å²) in [4.78, 5) is 4.05. The van der Waals surface area contributed by atoms with Gasteiger partial charge in [0.05, 0.1) is 6.04 Å². The summed E-state index contributed by atoms with van der Waals surface area (Å²) >= 11 is 1.86. The van der Waals surface area contributed by atoms with Gasteiger partial charge in [-0.1, -0.05) is 13.8 Å². The molecule has 1 aromatic rings. The van der Waals surface area contributed by atoms with Crippen molar-refractivity contribution in [2.24, 2.45) is 11.1 Å². The number of hydrogen-bond acceptors (Lipinski definition) is 3. The first kappa shape index (κ1) is 14.0. The van der Waals surface area contributed by atoms with Crippen LogP contribution in [-0.4, -0.2) is 24.0 Å². The highest BCUT2D eigenvalue weighted by molar-refractivity contribution is 7.10. The van der Waals surface area contributed by atoms with Crippen LogP contribution in [-0.2, 0) is 0 Å². The molecule has 102 valence electrons. The molecule has 2 nitrogen and oxygen atoms in total. The van der Waals surface area contributed by atoms with Crippen molar-refractivity contribution >= 4 is 11.3 Å². The Balaban J connectivity index is 2.15. The molecule has 0 aromatic carbocycles. The summed E-state index contributed by atoms with van der Waals surface area (Å²) in [6.07, 6.45) is 2.56. The van der Waals surface area contributed by atoms with Crippen LogP contribution in [0.25, 0.3) is 0 Å². The Hall–Kier alpha value is -0.380. The molecule has 18 heavy (non-hydrogen) atoms. The third-order valence-electron chi connectivity index (χ3n) is 4.21. The molecule has 1 fully saturated rings. The normalized spacial score (nSPS) is 23.8. The predicted octanol–water partition coefficient (Wildman–Crippen LogP) is 3.57. The second-order valence-corrected chi connectivity index (χ2v) is 7.42. The summed E-state index contributed by atoms with van der Waals surface area (Å²) in [5.41, 5.74) is 8.16. The lowest BCUT2D eigenvalue weighted by atomic mass is 9.82. The van der Waals surface area contributed by atoms with E-state index in [1.54, 1.807) is 0 Å². The minimum Gasteiger partial charge on any atom is -0.326 e. The van der Waals surface area contributed by atoms with Crippen LogP contribution in [0.5, 0.6) is 0 Å². The van der Waals surface area contributed by atoms with Crippen molar-refractivity contribution in [1.82, 2.24) is 4.90 Å². The Labute approximate surface area is 115 Å². The van der Waals surface area contributed by atoms with Gasteiger partial charge in [-0.3, -0.25) is 4.90 Å². The number of piperidine rings is 1. The maximum atomic E-state index is 6.26. The first-order valence-electron chi connectivity index (χ1n) is 6.94. The van der Waals surface area contributed by atoms with Crippen molar-refractivity contribution in [2.45, 2.75) is 52.6 Å². The van der Waals surface area contributed by atoms with E-state index in [1.165, 1.54) is 36.4 Å². The van der Waals surface area contributed by atoms with Crippen molar-refractivity contribution in [3.63, 3.8) is 0 Å².